The quantitative estimate of drug-likeness (QED) is 0.735. The number of alkyl halides is 3. The van der Waals surface area contributed by atoms with E-state index in [2.05, 4.69) is 10.3 Å². The molecule has 5 nitrogen and oxygen atoms in total. The third kappa shape index (κ3) is 2.54. The van der Waals surface area contributed by atoms with Gasteiger partial charge in [-0.1, -0.05) is 5.21 Å². The molecule has 22 heavy (non-hydrogen) atoms. The van der Waals surface area contributed by atoms with Crippen molar-refractivity contribution in [2.75, 3.05) is 5.73 Å². The molecule has 114 valence electrons. The van der Waals surface area contributed by atoms with Crippen molar-refractivity contribution in [3.8, 4) is 11.5 Å². The van der Waals surface area contributed by atoms with Crippen molar-refractivity contribution in [1.82, 2.24) is 15.0 Å². The van der Waals surface area contributed by atoms with Crippen molar-refractivity contribution in [1.29, 1.82) is 0 Å². The fourth-order valence-corrected chi connectivity index (χ4v) is 2.07. The number of hydrogen-bond donors (Lipinski definition) is 1. The number of benzene rings is 2. The summed E-state index contributed by atoms with van der Waals surface area (Å²) in [6.45, 7) is 1.82. The monoisotopic (exact) mass is 308 g/mol. The Morgan fingerprint density at radius 1 is 1.14 bits per heavy atom. The van der Waals surface area contributed by atoms with Crippen LogP contribution in [0.1, 0.15) is 5.56 Å². The Kier molecular flexibility index (Phi) is 3.16. The second kappa shape index (κ2) is 4.90. The summed E-state index contributed by atoms with van der Waals surface area (Å²) in [5.41, 5.74) is 7.05. The summed E-state index contributed by atoms with van der Waals surface area (Å²) in [6.07, 6.45) is -4.61. The first-order valence-electron chi connectivity index (χ1n) is 6.31. The zero-order valence-corrected chi connectivity index (χ0v) is 11.4. The molecule has 0 aliphatic heterocycles. The standard InChI is InChI=1S/C14H11F3N4O/c1-8-6-9(18)2-5-13(8)22-10-3-4-12-11(7-10)19-20-21(12)14(15,16)17/h2-7H,18H2,1H3. The number of aromatic nitrogens is 3. The van der Waals surface area contributed by atoms with Crippen molar-refractivity contribution >= 4 is 16.7 Å². The molecular weight excluding hydrogens is 297 g/mol. The average molecular weight is 308 g/mol. The molecule has 0 aliphatic carbocycles. The largest absolute Gasteiger partial charge is 0.506 e. The van der Waals surface area contributed by atoms with Gasteiger partial charge in [0.05, 0.1) is 5.52 Å². The van der Waals surface area contributed by atoms with E-state index in [1.807, 2.05) is 6.92 Å². The van der Waals surface area contributed by atoms with Gasteiger partial charge in [0, 0.05) is 11.8 Å². The van der Waals surface area contributed by atoms with Gasteiger partial charge in [-0.25, -0.2) is 0 Å². The lowest BCUT2D eigenvalue weighted by atomic mass is 10.2. The zero-order chi connectivity index (χ0) is 15.9. The minimum Gasteiger partial charge on any atom is -0.457 e. The van der Waals surface area contributed by atoms with Crippen LogP contribution in [0, 0.1) is 6.92 Å². The first-order valence-corrected chi connectivity index (χ1v) is 6.31. The first-order chi connectivity index (χ1) is 10.3. The number of nitrogens with two attached hydrogens (primary N) is 1. The lowest BCUT2D eigenvalue weighted by Crippen LogP contribution is -2.17. The van der Waals surface area contributed by atoms with Crippen LogP contribution in [-0.4, -0.2) is 15.0 Å². The topological polar surface area (TPSA) is 66.0 Å². The number of fused-ring (bicyclic) bond motifs is 1. The molecule has 3 aromatic rings. The summed E-state index contributed by atoms with van der Waals surface area (Å²) >= 11 is 0. The van der Waals surface area contributed by atoms with E-state index in [9.17, 15) is 13.2 Å². The highest BCUT2D eigenvalue weighted by Crippen LogP contribution is 2.30. The van der Waals surface area contributed by atoms with Crippen molar-refractivity contribution < 1.29 is 17.9 Å². The minimum absolute atomic E-state index is 0.0828. The molecule has 2 aromatic carbocycles. The second-order valence-electron chi connectivity index (χ2n) is 4.75. The maximum atomic E-state index is 12.7. The smallest absolute Gasteiger partial charge is 0.457 e. The van der Waals surface area contributed by atoms with Gasteiger partial charge in [-0.3, -0.25) is 0 Å². The lowest BCUT2D eigenvalue weighted by Gasteiger charge is -2.09. The third-order valence-electron chi connectivity index (χ3n) is 3.08. The molecule has 3 rings (SSSR count). The lowest BCUT2D eigenvalue weighted by molar-refractivity contribution is -0.210. The van der Waals surface area contributed by atoms with Crippen LogP contribution in [0.25, 0.3) is 11.0 Å². The van der Waals surface area contributed by atoms with Crippen LogP contribution >= 0.6 is 0 Å². The molecule has 0 unspecified atom stereocenters. The van der Waals surface area contributed by atoms with Gasteiger partial charge in [0.2, 0.25) is 0 Å². The number of nitrogen functional groups attached to an aromatic ring is 1. The van der Waals surface area contributed by atoms with E-state index >= 15 is 0 Å². The van der Waals surface area contributed by atoms with Crippen LogP contribution in [0.2, 0.25) is 0 Å². The number of anilines is 1. The van der Waals surface area contributed by atoms with E-state index in [1.54, 1.807) is 18.2 Å². The molecule has 0 saturated carbocycles. The summed E-state index contributed by atoms with van der Waals surface area (Å²) in [4.78, 5) is 0. The zero-order valence-electron chi connectivity index (χ0n) is 11.4. The molecule has 0 amide bonds. The second-order valence-corrected chi connectivity index (χ2v) is 4.75. The van der Waals surface area contributed by atoms with E-state index < -0.39 is 6.30 Å². The summed E-state index contributed by atoms with van der Waals surface area (Å²) in [6, 6.07) is 9.23. The Hall–Kier alpha value is -2.77. The van der Waals surface area contributed by atoms with E-state index in [0.717, 1.165) is 5.56 Å². The number of ether oxygens (including phenoxy) is 1. The van der Waals surface area contributed by atoms with Gasteiger partial charge in [0.1, 0.15) is 17.0 Å². The molecule has 0 aliphatic rings. The van der Waals surface area contributed by atoms with Crippen LogP contribution in [0.3, 0.4) is 0 Å². The molecule has 0 atom stereocenters. The Bertz CT molecular complexity index is 842. The molecule has 0 saturated heterocycles. The Labute approximate surface area is 123 Å². The summed E-state index contributed by atoms with van der Waals surface area (Å²) in [5.74, 6) is 0.936. The number of hydrogen-bond acceptors (Lipinski definition) is 4. The third-order valence-corrected chi connectivity index (χ3v) is 3.08. The van der Waals surface area contributed by atoms with Gasteiger partial charge >= 0.3 is 6.30 Å². The Morgan fingerprint density at radius 2 is 1.91 bits per heavy atom. The molecule has 8 heteroatoms. The van der Waals surface area contributed by atoms with Crippen LogP contribution < -0.4 is 10.5 Å². The SMILES string of the molecule is Cc1cc(N)ccc1Oc1ccc2c(c1)nnn2C(F)(F)F. The Morgan fingerprint density at radius 3 is 2.59 bits per heavy atom. The van der Waals surface area contributed by atoms with Crippen LogP contribution in [0.4, 0.5) is 18.9 Å². The summed E-state index contributed by atoms with van der Waals surface area (Å²) in [7, 11) is 0. The number of aryl methyl sites for hydroxylation is 1. The van der Waals surface area contributed by atoms with Crippen molar-refractivity contribution in [2.24, 2.45) is 0 Å². The van der Waals surface area contributed by atoms with Crippen molar-refractivity contribution in [2.45, 2.75) is 13.2 Å². The fourth-order valence-electron chi connectivity index (χ4n) is 2.07. The van der Waals surface area contributed by atoms with Crippen molar-refractivity contribution in [3.05, 3.63) is 42.0 Å². The number of halogens is 3. The van der Waals surface area contributed by atoms with Crippen molar-refractivity contribution in [3.63, 3.8) is 0 Å². The van der Waals surface area contributed by atoms with Crippen LogP contribution in [0.5, 0.6) is 11.5 Å². The first kappa shape index (κ1) is 14.2. The maximum Gasteiger partial charge on any atom is 0.506 e. The molecule has 2 N–H and O–H groups in total. The van der Waals surface area contributed by atoms with E-state index in [1.165, 1.54) is 18.2 Å². The highest BCUT2D eigenvalue weighted by molar-refractivity contribution is 5.76. The predicted octanol–water partition coefficient (Wildman–Crippen LogP) is 3.59. The maximum absolute atomic E-state index is 12.7. The number of nitrogens with zero attached hydrogens (tertiary/aromatic N) is 3. The van der Waals surface area contributed by atoms with Gasteiger partial charge < -0.3 is 10.5 Å². The van der Waals surface area contributed by atoms with Gasteiger partial charge in [0.25, 0.3) is 0 Å². The van der Waals surface area contributed by atoms with Gasteiger partial charge in [-0.2, -0.15) is 4.68 Å². The minimum atomic E-state index is -4.61. The van der Waals surface area contributed by atoms with Crippen LogP contribution in [0.15, 0.2) is 36.4 Å². The normalized spacial score (nSPS) is 11.8. The molecular formula is C14H11F3N4O. The van der Waals surface area contributed by atoms with Gasteiger partial charge in [-0.05, 0) is 42.8 Å². The highest BCUT2D eigenvalue weighted by atomic mass is 19.4. The van der Waals surface area contributed by atoms with E-state index in [0.29, 0.717) is 17.2 Å². The molecule has 0 spiro atoms. The fraction of sp³-hybridized carbons (Fsp3) is 0.143. The summed E-state index contributed by atoms with van der Waals surface area (Å²) in [5, 5.41) is 6.63. The Balaban J connectivity index is 1.96. The number of rotatable bonds is 2. The highest BCUT2D eigenvalue weighted by Gasteiger charge is 2.34. The average Bonchev–Trinajstić information content (AvgIpc) is 2.85. The predicted molar refractivity (Wildman–Crippen MR) is 74.5 cm³/mol. The van der Waals surface area contributed by atoms with Gasteiger partial charge in [0.15, 0.2) is 0 Å². The summed E-state index contributed by atoms with van der Waals surface area (Å²) < 4.78 is 43.7. The van der Waals surface area contributed by atoms with Crippen LogP contribution in [-0.2, 0) is 6.30 Å². The van der Waals surface area contributed by atoms with Gasteiger partial charge in [-0.15, -0.1) is 18.3 Å². The molecule has 0 radical (unpaired) electrons. The van der Waals surface area contributed by atoms with E-state index in [4.69, 9.17) is 10.5 Å². The molecule has 0 fully saturated rings. The molecule has 1 aromatic heterocycles. The molecule has 0 bridgehead atoms. The molecule has 1 heterocycles. The van der Waals surface area contributed by atoms with E-state index in [-0.39, 0.29) is 15.7 Å².